The average Bonchev–Trinajstić information content (AvgIpc) is 1.85. The second kappa shape index (κ2) is 4.24. The first-order valence-corrected chi connectivity index (χ1v) is 4.96. The SMILES string of the molecule is OC(Br)Cc1cccc(Br)c1. The fraction of sp³-hybridized carbons (Fsp3) is 0.250. The normalized spacial score (nSPS) is 13.0. The van der Waals surface area contributed by atoms with Crippen molar-refractivity contribution < 1.29 is 5.11 Å². The summed E-state index contributed by atoms with van der Waals surface area (Å²) in [6.07, 6.45) is 0.638. The van der Waals surface area contributed by atoms with E-state index in [-0.39, 0.29) is 0 Å². The van der Waals surface area contributed by atoms with Gasteiger partial charge >= 0.3 is 0 Å². The van der Waals surface area contributed by atoms with Gasteiger partial charge in [-0.15, -0.1) is 0 Å². The lowest BCUT2D eigenvalue weighted by molar-refractivity contribution is 0.271. The first-order chi connectivity index (χ1) is 5.18. The van der Waals surface area contributed by atoms with Gasteiger partial charge in [-0.05, 0) is 17.7 Å². The van der Waals surface area contributed by atoms with E-state index in [2.05, 4.69) is 31.9 Å². The summed E-state index contributed by atoms with van der Waals surface area (Å²) < 4.78 is 1.04. The van der Waals surface area contributed by atoms with Crippen LogP contribution in [0.25, 0.3) is 0 Å². The number of benzene rings is 1. The lowest BCUT2D eigenvalue weighted by Gasteiger charge is -2.02. The predicted molar refractivity (Wildman–Crippen MR) is 52.8 cm³/mol. The lowest BCUT2D eigenvalue weighted by Crippen LogP contribution is -1.99. The Bertz CT molecular complexity index is 235. The number of aliphatic hydroxyl groups is 1. The number of rotatable bonds is 2. The molecule has 0 bridgehead atoms. The fourth-order valence-corrected chi connectivity index (χ4v) is 1.68. The molecule has 0 saturated heterocycles. The highest BCUT2D eigenvalue weighted by atomic mass is 79.9. The molecule has 11 heavy (non-hydrogen) atoms. The van der Waals surface area contributed by atoms with E-state index in [4.69, 9.17) is 5.11 Å². The van der Waals surface area contributed by atoms with Crippen molar-refractivity contribution in [2.45, 2.75) is 11.4 Å². The summed E-state index contributed by atoms with van der Waals surface area (Å²) in [6, 6.07) is 7.89. The van der Waals surface area contributed by atoms with E-state index < -0.39 is 5.01 Å². The maximum atomic E-state index is 9.00. The van der Waals surface area contributed by atoms with Crippen LogP contribution in [0.3, 0.4) is 0 Å². The predicted octanol–water partition coefficient (Wildman–Crippen LogP) is 2.70. The van der Waals surface area contributed by atoms with Gasteiger partial charge in [-0.2, -0.15) is 0 Å². The van der Waals surface area contributed by atoms with E-state index in [1.54, 1.807) is 0 Å². The monoisotopic (exact) mass is 278 g/mol. The number of halogens is 2. The molecule has 3 heteroatoms. The van der Waals surface area contributed by atoms with Crippen molar-refractivity contribution in [3.05, 3.63) is 34.3 Å². The molecule has 1 nitrogen and oxygen atoms in total. The Labute approximate surface area is 82.7 Å². The van der Waals surface area contributed by atoms with Crippen LogP contribution in [-0.2, 0) is 6.42 Å². The Morgan fingerprint density at radius 2 is 2.18 bits per heavy atom. The zero-order valence-electron chi connectivity index (χ0n) is 5.80. The summed E-state index contributed by atoms with van der Waals surface area (Å²) in [5.74, 6) is 0. The quantitative estimate of drug-likeness (QED) is 0.826. The molecule has 0 aliphatic carbocycles. The third-order valence-corrected chi connectivity index (χ3v) is 2.11. The average molecular weight is 280 g/mol. The molecule has 0 spiro atoms. The maximum Gasteiger partial charge on any atom is 0.113 e. The van der Waals surface area contributed by atoms with Gasteiger partial charge in [0.2, 0.25) is 0 Å². The summed E-state index contributed by atoms with van der Waals surface area (Å²) in [5, 5.41) is 8.55. The Balaban J connectivity index is 2.71. The van der Waals surface area contributed by atoms with E-state index in [1.807, 2.05) is 24.3 Å². The molecule has 60 valence electrons. The first kappa shape index (κ1) is 9.23. The molecule has 0 aliphatic heterocycles. The summed E-state index contributed by atoms with van der Waals surface area (Å²) >= 11 is 6.43. The van der Waals surface area contributed by atoms with Crippen LogP contribution in [-0.4, -0.2) is 10.1 Å². The van der Waals surface area contributed by atoms with Gasteiger partial charge < -0.3 is 5.11 Å². The van der Waals surface area contributed by atoms with Crippen molar-refractivity contribution in [2.75, 3.05) is 0 Å². The topological polar surface area (TPSA) is 20.2 Å². The fourth-order valence-electron chi connectivity index (χ4n) is 0.858. The van der Waals surface area contributed by atoms with Crippen LogP contribution in [0, 0.1) is 0 Å². The van der Waals surface area contributed by atoms with Crippen LogP contribution >= 0.6 is 31.9 Å². The molecule has 0 radical (unpaired) electrons. The summed E-state index contributed by atoms with van der Waals surface area (Å²) in [7, 11) is 0. The molecule has 1 N–H and O–H groups in total. The van der Waals surface area contributed by atoms with E-state index in [0.29, 0.717) is 6.42 Å². The highest BCUT2D eigenvalue weighted by Gasteiger charge is 1.99. The number of aliphatic hydroxyl groups excluding tert-OH is 1. The van der Waals surface area contributed by atoms with E-state index in [9.17, 15) is 0 Å². The second-order valence-electron chi connectivity index (χ2n) is 2.27. The van der Waals surface area contributed by atoms with Gasteiger partial charge in [0.25, 0.3) is 0 Å². The highest BCUT2D eigenvalue weighted by molar-refractivity contribution is 9.10. The number of hydrogen-bond acceptors (Lipinski definition) is 1. The van der Waals surface area contributed by atoms with Crippen LogP contribution in [0.15, 0.2) is 28.7 Å². The Morgan fingerprint density at radius 3 is 2.73 bits per heavy atom. The molecule has 1 aromatic carbocycles. The lowest BCUT2D eigenvalue weighted by atomic mass is 10.2. The summed E-state index contributed by atoms with van der Waals surface area (Å²) in [6.45, 7) is 0. The molecule has 1 atom stereocenters. The zero-order valence-corrected chi connectivity index (χ0v) is 8.97. The van der Waals surface area contributed by atoms with Crippen molar-refractivity contribution in [1.82, 2.24) is 0 Å². The highest BCUT2D eigenvalue weighted by Crippen LogP contribution is 2.14. The van der Waals surface area contributed by atoms with Gasteiger partial charge in [0, 0.05) is 10.9 Å². The van der Waals surface area contributed by atoms with E-state index >= 15 is 0 Å². The van der Waals surface area contributed by atoms with Crippen LogP contribution in [0.5, 0.6) is 0 Å². The third kappa shape index (κ3) is 3.36. The molecule has 1 aromatic rings. The molecule has 0 saturated carbocycles. The Kier molecular flexibility index (Phi) is 3.55. The molecule has 0 fully saturated rings. The van der Waals surface area contributed by atoms with Gasteiger partial charge in [0.15, 0.2) is 0 Å². The van der Waals surface area contributed by atoms with Gasteiger partial charge in [-0.3, -0.25) is 0 Å². The van der Waals surface area contributed by atoms with Crippen LogP contribution in [0.2, 0.25) is 0 Å². The van der Waals surface area contributed by atoms with Crippen molar-refractivity contribution in [1.29, 1.82) is 0 Å². The van der Waals surface area contributed by atoms with Gasteiger partial charge in [0.05, 0.1) is 0 Å². The minimum absolute atomic E-state index is 0.447. The largest absolute Gasteiger partial charge is 0.382 e. The molecular formula is C8H8Br2O. The molecule has 0 aliphatic rings. The van der Waals surface area contributed by atoms with Crippen LogP contribution in [0.1, 0.15) is 5.56 Å². The van der Waals surface area contributed by atoms with Crippen LogP contribution < -0.4 is 0 Å². The zero-order chi connectivity index (χ0) is 8.27. The van der Waals surface area contributed by atoms with Crippen molar-refractivity contribution in [2.24, 2.45) is 0 Å². The summed E-state index contributed by atoms with van der Waals surface area (Å²) in [5.41, 5.74) is 1.11. The minimum Gasteiger partial charge on any atom is -0.382 e. The Morgan fingerprint density at radius 1 is 1.45 bits per heavy atom. The maximum absolute atomic E-state index is 9.00. The second-order valence-corrected chi connectivity index (χ2v) is 4.24. The van der Waals surface area contributed by atoms with Gasteiger partial charge in [0.1, 0.15) is 5.01 Å². The molecular weight excluding hydrogens is 272 g/mol. The number of alkyl halides is 1. The van der Waals surface area contributed by atoms with Crippen LogP contribution in [0.4, 0.5) is 0 Å². The van der Waals surface area contributed by atoms with Crippen molar-refractivity contribution in [3.8, 4) is 0 Å². The third-order valence-electron chi connectivity index (χ3n) is 1.29. The van der Waals surface area contributed by atoms with Gasteiger partial charge in [-0.1, -0.05) is 44.0 Å². The van der Waals surface area contributed by atoms with Crippen molar-refractivity contribution >= 4 is 31.9 Å². The van der Waals surface area contributed by atoms with E-state index in [1.165, 1.54) is 0 Å². The smallest absolute Gasteiger partial charge is 0.113 e. The molecule has 1 rings (SSSR count). The number of hydrogen-bond donors (Lipinski definition) is 1. The molecule has 0 amide bonds. The molecule has 0 heterocycles. The van der Waals surface area contributed by atoms with E-state index in [0.717, 1.165) is 10.0 Å². The van der Waals surface area contributed by atoms with Gasteiger partial charge in [-0.25, -0.2) is 0 Å². The molecule has 1 unspecified atom stereocenters. The molecule has 0 aromatic heterocycles. The van der Waals surface area contributed by atoms with Crippen molar-refractivity contribution in [3.63, 3.8) is 0 Å². The first-order valence-electron chi connectivity index (χ1n) is 3.25. The summed E-state index contributed by atoms with van der Waals surface area (Å²) in [4.78, 5) is 0. The standard InChI is InChI=1S/C8H8Br2O/c9-7-3-1-2-6(4-7)5-8(10)11/h1-4,8,11H,5H2. The Hall–Kier alpha value is 0.140. The minimum atomic E-state index is -0.447.